The number of hydrogen-bond acceptors (Lipinski definition) is 1. The fourth-order valence-electron chi connectivity index (χ4n) is 2.70. The van der Waals surface area contributed by atoms with Gasteiger partial charge >= 0.3 is 0 Å². The van der Waals surface area contributed by atoms with Crippen LogP contribution in [0.1, 0.15) is 24.1 Å². The minimum absolute atomic E-state index is 0.598. The van der Waals surface area contributed by atoms with E-state index in [0.717, 1.165) is 18.0 Å². The van der Waals surface area contributed by atoms with E-state index >= 15 is 0 Å². The maximum atomic E-state index is 6.35. The predicted octanol–water partition coefficient (Wildman–Crippen LogP) is 3.42. The number of aromatic amines is 1. The van der Waals surface area contributed by atoms with Crippen molar-refractivity contribution in [3.8, 4) is 0 Å². The van der Waals surface area contributed by atoms with Gasteiger partial charge in [0.15, 0.2) is 0 Å². The Kier molecular flexibility index (Phi) is 2.85. The number of halogens is 1. The maximum Gasteiger partial charge on any atom is 0.0459 e. The van der Waals surface area contributed by atoms with Crippen LogP contribution < -0.4 is 5.32 Å². The second-order valence-electron chi connectivity index (χ2n) is 4.98. The van der Waals surface area contributed by atoms with Crippen LogP contribution in [0, 0.1) is 6.92 Å². The highest BCUT2D eigenvalue weighted by molar-refractivity contribution is 6.32. The van der Waals surface area contributed by atoms with Crippen molar-refractivity contribution < 1.29 is 0 Å². The molecule has 2 N–H and O–H groups in total. The molecule has 1 saturated heterocycles. The van der Waals surface area contributed by atoms with Gasteiger partial charge in [-0.3, -0.25) is 0 Å². The van der Waals surface area contributed by atoms with Crippen LogP contribution in [0.4, 0.5) is 0 Å². The fraction of sp³-hybridized carbons (Fsp3) is 0.429. The summed E-state index contributed by atoms with van der Waals surface area (Å²) in [7, 11) is 0. The minimum atomic E-state index is 0.598. The first kappa shape index (κ1) is 11.1. The van der Waals surface area contributed by atoms with Crippen molar-refractivity contribution in [2.75, 3.05) is 6.54 Å². The third-order valence-electron chi connectivity index (χ3n) is 3.55. The van der Waals surface area contributed by atoms with Crippen LogP contribution in [0.2, 0.25) is 5.02 Å². The van der Waals surface area contributed by atoms with E-state index in [9.17, 15) is 0 Å². The molecule has 0 amide bonds. The average molecular weight is 249 g/mol. The summed E-state index contributed by atoms with van der Waals surface area (Å²) >= 11 is 6.35. The number of rotatable bonds is 2. The number of nitrogens with one attached hydrogen (secondary N) is 2. The van der Waals surface area contributed by atoms with E-state index < -0.39 is 0 Å². The lowest BCUT2D eigenvalue weighted by Crippen LogP contribution is -2.23. The molecule has 2 aromatic rings. The lowest BCUT2D eigenvalue weighted by atomic mass is 10.0. The zero-order valence-corrected chi connectivity index (χ0v) is 10.8. The largest absolute Gasteiger partial charge is 0.359 e. The summed E-state index contributed by atoms with van der Waals surface area (Å²) in [6, 6.07) is 7.01. The zero-order valence-electron chi connectivity index (χ0n) is 10.0. The monoisotopic (exact) mass is 248 g/mol. The summed E-state index contributed by atoms with van der Waals surface area (Å²) in [4.78, 5) is 3.37. The molecular formula is C14H17ClN2. The third-order valence-corrected chi connectivity index (χ3v) is 3.90. The average Bonchev–Trinajstić information content (AvgIpc) is 2.87. The van der Waals surface area contributed by atoms with Gasteiger partial charge in [-0.05, 0) is 56.5 Å². The number of fused-ring (bicyclic) bond motifs is 1. The summed E-state index contributed by atoms with van der Waals surface area (Å²) in [5.74, 6) is 0. The van der Waals surface area contributed by atoms with Crippen molar-refractivity contribution in [1.29, 1.82) is 0 Å². The van der Waals surface area contributed by atoms with Crippen LogP contribution in [0.25, 0.3) is 10.9 Å². The molecule has 1 aromatic heterocycles. The minimum Gasteiger partial charge on any atom is -0.359 e. The van der Waals surface area contributed by atoms with Crippen molar-refractivity contribution in [2.24, 2.45) is 0 Å². The second kappa shape index (κ2) is 4.35. The molecule has 3 heteroatoms. The Balaban J connectivity index is 1.94. The number of H-pyrrole nitrogens is 1. The fourth-order valence-corrected chi connectivity index (χ4v) is 2.94. The van der Waals surface area contributed by atoms with Gasteiger partial charge in [-0.2, -0.15) is 0 Å². The normalized spacial score (nSPS) is 20.2. The van der Waals surface area contributed by atoms with Gasteiger partial charge in [-0.15, -0.1) is 0 Å². The van der Waals surface area contributed by atoms with Crippen molar-refractivity contribution in [1.82, 2.24) is 10.3 Å². The van der Waals surface area contributed by atoms with Crippen molar-refractivity contribution in [2.45, 2.75) is 32.2 Å². The molecule has 3 rings (SSSR count). The van der Waals surface area contributed by atoms with E-state index in [0.29, 0.717) is 6.04 Å². The van der Waals surface area contributed by atoms with Gasteiger partial charge in [0, 0.05) is 27.7 Å². The van der Waals surface area contributed by atoms with Gasteiger partial charge in [-0.25, -0.2) is 0 Å². The van der Waals surface area contributed by atoms with E-state index in [1.807, 2.05) is 0 Å². The number of aryl methyl sites for hydroxylation is 1. The number of benzene rings is 1. The SMILES string of the molecule is Cc1cc2cc(Cl)c(CC3CCCN3)cc2[nH]1. The Bertz CT molecular complexity index is 538. The van der Waals surface area contributed by atoms with Gasteiger partial charge in [-0.1, -0.05) is 11.6 Å². The van der Waals surface area contributed by atoms with E-state index in [1.54, 1.807) is 0 Å². The molecule has 2 heterocycles. The summed E-state index contributed by atoms with van der Waals surface area (Å²) in [5.41, 5.74) is 3.63. The highest BCUT2D eigenvalue weighted by atomic mass is 35.5. The molecule has 0 spiro atoms. The second-order valence-corrected chi connectivity index (χ2v) is 5.39. The first-order valence-electron chi connectivity index (χ1n) is 6.23. The van der Waals surface area contributed by atoms with Crippen LogP contribution in [-0.2, 0) is 6.42 Å². The van der Waals surface area contributed by atoms with Gasteiger partial charge in [0.2, 0.25) is 0 Å². The number of aromatic nitrogens is 1. The zero-order chi connectivity index (χ0) is 11.8. The molecule has 1 unspecified atom stereocenters. The van der Waals surface area contributed by atoms with E-state index in [4.69, 9.17) is 11.6 Å². The molecule has 0 saturated carbocycles. The molecule has 2 nitrogen and oxygen atoms in total. The Hall–Kier alpha value is -0.990. The highest BCUT2D eigenvalue weighted by Gasteiger charge is 2.16. The lowest BCUT2D eigenvalue weighted by molar-refractivity contribution is 0.603. The highest BCUT2D eigenvalue weighted by Crippen LogP contribution is 2.26. The molecule has 1 atom stereocenters. The van der Waals surface area contributed by atoms with Crippen LogP contribution in [-0.4, -0.2) is 17.6 Å². The van der Waals surface area contributed by atoms with E-state index in [1.165, 1.54) is 35.0 Å². The number of hydrogen-bond donors (Lipinski definition) is 2. The molecule has 1 aliphatic rings. The van der Waals surface area contributed by atoms with E-state index in [-0.39, 0.29) is 0 Å². The molecule has 0 bridgehead atoms. The molecule has 1 aromatic carbocycles. The van der Waals surface area contributed by atoms with Gasteiger partial charge in [0.05, 0.1) is 0 Å². The lowest BCUT2D eigenvalue weighted by Gasteiger charge is -2.11. The molecular weight excluding hydrogens is 232 g/mol. The van der Waals surface area contributed by atoms with Gasteiger partial charge in [0.1, 0.15) is 0 Å². The topological polar surface area (TPSA) is 27.8 Å². The summed E-state index contributed by atoms with van der Waals surface area (Å²) < 4.78 is 0. The van der Waals surface area contributed by atoms with Crippen molar-refractivity contribution in [3.05, 3.63) is 34.5 Å². The van der Waals surface area contributed by atoms with Gasteiger partial charge < -0.3 is 10.3 Å². The first-order valence-corrected chi connectivity index (χ1v) is 6.61. The third kappa shape index (κ3) is 2.20. The molecule has 0 radical (unpaired) electrons. The van der Waals surface area contributed by atoms with Crippen molar-refractivity contribution in [3.63, 3.8) is 0 Å². The van der Waals surface area contributed by atoms with Gasteiger partial charge in [0.25, 0.3) is 0 Å². The smallest absolute Gasteiger partial charge is 0.0459 e. The molecule has 0 aliphatic carbocycles. The Morgan fingerprint density at radius 2 is 2.24 bits per heavy atom. The molecule has 90 valence electrons. The molecule has 1 aliphatic heterocycles. The maximum absolute atomic E-state index is 6.35. The first-order chi connectivity index (χ1) is 8.22. The summed E-state index contributed by atoms with van der Waals surface area (Å²) in [6.07, 6.45) is 3.58. The van der Waals surface area contributed by atoms with Crippen LogP contribution in [0.15, 0.2) is 18.2 Å². The van der Waals surface area contributed by atoms with Crippen LogP contribution >= 0.6 is 11.6 Å². The molecule has 1 fully saturated rings. The standard InChI is InChI=1S/C14H17ClN2/c1-9-5-11-7-13(15)10(8-14(11)17-9)6-12-3-2-4-16-12/h5,7-8,12,16-17H,2-4,6H2,1H3. The Morgan fingerprint density at radius 1 is 1.35 bits per heavy atom. The quantitative estimate of drug-likeness (QED) is 0.838. The Morgan fingerprint density at radius 3 is 3.00 bits per heavy atom. The van der Waals surface area contributed by atoms with Crippen LogP contribution in [0.3, 0.4) is 0 Å². The summed E-state index contributed by atoms with van der Waals surface area (Å²) in [6.45, 7) is 3.22. The Labute approximate surface area is 106 Å². The van der Waals surface area contributed by atoms with E-state index in [2.05, 4.69) is 35.4 Å². The van der Waals surface area contributed by atoms with Crippen LogP contribution in [0.5, 0.6) is 0 Å². The predicted molar refractivity (Wildman–Crippen MR) is 72.8 cm³/mol. The van der Waals surface area contributed by atoms with Crippen molar-refractivity contribution >= 4 is 22.5 Å². The summed E-state index contributed by atoms with van der Waals surface area (Å²) in [5, 5.41) is 5.61. The molecule has 17 heavy (non-hydrogen) atoms.